The quantitative estimate of drug-likeness (QED) is 0.584. The zero-order chi connectivity index (χ0) is 19.7. The first-order valence-electron chi connectivity index (χ1n) is 10.6. The van der Waals surface area contributed by atoms with Gasteiger partial charge >= 0.3 is 0 Å². The number of carbonyl (C=O) groups is 2. The number of rotatable bonds is 6. The van der Waals surface area contributed by atoms with Crippen molar-refractivity contribution < 1.29 is 9.59 Å². The second kappa shape index (κ2) is 7.69. The van der Waals surface area contributed by atoms with Crippen molar-refractivity contribution in [3.8, 4) is 0 Å². The van der Waals surface area contributed by atoms with E-state index < -0.39 is 0 Å². The molecule has 5 nitrogen and oxygen atoms in total. The second-order valence-corrected chi connectivity index (χ2v) is 9.50. The van der Waals surface area contributed by atoms with Gasteiger partial charge in [0.05, 0.1) is 12.8 Å². The van der Waals surface area contributed by atoms with Crippen molar-refractivity contribution in [1.82, 2.24) is 10.7 Å². The van der Waals surface area contributed by atoms with Gasteiger partial charge in [-0.2, -0.15) is 5.10 Å². The van der Waals surface area contributed by atoms with Crippen molar-refractivity contribution in [1.29, 1.82) is 0 Å². The molecule has 4 aliphatic carbocycles. The zero-order valence-corrected chi connectivity index (χ0v) is 16.9. The second-order valence-electron chi connectivity index (χ2n) is 9.50. The molecule has 1 aromatic rings. The molecule has 4 aliphatic rings. The van der Waals surface area contributed by atoms with E-state index in [1.807, 2.05) is 12.1 Å². The number of hydrogen-bond donors (Lipinski definition) is 2. The molecule has 1 aromatic carbocycles. The highest BCUT2D eigenvalue weighted by molar-refractivity contribution is 5.89. The summed E-state index contributed by atoms with van der Waals surface area (Å²) in [6.07, 6.45) is 8.58. The Hall–Kier alpha value is -2.17. The standard InChI is InChI=1S/C23H31N3O2/c1-15(2)20-5-3-16(4-6-20)13-25-26-21(27)14-24-22(28)23-10-17-7-18(11-23)9-19(8-17)12-23/h3-6,13,15,17-19H,7-12,14H2,1-2H3,(H,24,28)(H,26,27). The van der Waals surface area contributed by atoms with Gasteiger partial charge < -0.3 is 5.32 Å². The van der Waals surface area contributed by atoms with Gasteiger partial charge in [-0.1, -0.05) is 38.1 Å². The van der Waals surface area contributed by atoms with Crippen LogP contribution < -0.4 is 10.7 Å². The Morgan fingerprint density at radius 1 is 1.07 bits per heavy atom. The van der Waals surface area contributed by atoms with E-state index in [0.717, 1.165) is 42.6 Å². The summed E-state index contributed by atoms with van der Waals surface area (Å²) in [6.45, 7) is 4.30. The Morgan fingerprint density at radius 3 is 2.18 bits per heavy atom. The van der Waals surface area contributed by atoms with Gasteiger partial charge in [-0.05, 0) is 73.3 Å². The molecule has 0 radical (unpaired) electrons. The summed E-state index contributed by atoms with van der Waals surface area (Å²) in [4.78, 5) is 24.9. The van der Waals surface area contributed by atoms with Crippen molar-refractivity contribution >= 4 is 18.0 Å². The van der Waals surface area contributed by atoms with Crippen LogP contribution in [0.1, 0.15) is 69.4 Å². The smallest absolute Gasteiger partial charge is 0.259 e. The summed E-state index contributed by atoms with van der Waals surface area (Å²) in [5.74, 6) is 2.44. The van der Waals surface area contributed by atoms with E-state index in [4.69, 9.17) is 0 Å². The summed E-state index contributed by atoms with van der Waals surface area (Å²) < 4.78 is 0. The Balaban J connectivity index is 1.25. The SMILES string of the molecule is CC(C)c1ccc(C=NNC(=O)CNC(=O)C23CC4CC(CC(C4)C2)C3)cc1. The van der Waals surface area contributed by atoms with Crippen LogP contribution in [0.3, 0.4) is 0 Å². The van der Waals surface area contributed by atoms with Crippen molar-refractivity contribution in [2.24, 2.45) is 28.3 Å². The number of carbonyl (C=O) groups excluding carboxylic acids is 2. The van der Waals surface area contributed by atoms with E-state index in [1.165, 1.54) is 24.8 Å². The number of amides is 2. The van der Waals surface area contributed by atoms with Crippen LogP contribution in [-0.2, 0) is 9.59 Å². The maximum atomic E-state index is 12.9. The molecule has 5 heteroatoms. The summed E-state index contributed by atoms with van der Waals surface area (Å²) in [5, 5.41) is 6.89. The monoisotopic (exact) mass is 381 g/mol. The molecule has 4 fully saturated rings. The minimum absolute atomic E-state index is 0.00971. The van der Waals surface area contributed by atoms with Gasteiger partial charge in [0.1, 0.15) is 0 Å². The van der Waals surface area contributed by atoms with E-state index in [2.05, 4.69) is 41.8 Å². The van der Waals surface area contributed by atoms with E-state index >= 15 is 0 Å². The summed E-state index contributed by atoms with van der Waals surface area (Å²) in [5.41, 5.74) is 4.51. The first-order chi connectivity index (χ1) is 13.4. The van der Waals surface area contributed by atoms with Crippen LogP contribution in [0.25, 0.3) is 0 Å². The van der Waals surface area contributed by atoms with Crippen LogP contribution in [0.15, 0.2) is 29.4 Å². The molecule has 0 aliphatic heterocycles. The fourth-order valence-corrected chi connectivity index (χ4v) is 5.92. The lowest BCUT2D eigenvalue weighted by Gasteiger charge is -2.55. The molecule has 0 saturated heterocycles. The third kappa shape index (κ3) is 3.98. The van der Waals surface area contributed by atoms with Gasteiger partial charge in [0, 0.05) is 5.41 Å². The van der Waals surface area contributed by atoms with Crippen LogP contribution in [0.4, 0.5) is 0 Å². The third-order valence-electron chi connectivity index (χ3n) is 6.94. The molecule has 2 N–H and O–H groups in total. The molecule has 0 spiro atoms. The zero-order valence-electron chi connectivity index (χ0n) is 16.9. The van der Waals surface area contributed by atoms with Gasteiger partial charge in [-0.3, -0.25) is 9.59 Å². The summed E-state index contributed by atoms with van der Waals surface area (Å²) in [6, 6.07) is 8.11. The van der Waals surface area contributed by atoms with Gasteiger partial charge in [0.2, 0.25) is 5.91 Å². The fourth-order valence-electron chi connectivity index (χ4n) is 5.92. The number of benzene rings is 1. The van der Waals surface area contributed by atoms with Crippen LogP contribution >= 0.6 is 0 Å². The Morgan fingerprint density at radius 2 is 1.64 bits per heavy atom. The first kappa shape index (κ1) is 19.2. The average Bonchev–Trinajstić information content (AvgIpc) is 2.65. The minimum atomic E-state index is -0.284. The molecule has 2 amide bonds. The van der Waals surface area contributed by atoms with Crippen molar-refractivity contribution in [3.05, 3.63) is 35.4 Å². The van der Waals surface area contributed by atoms with E-state index in [9.17, 15) is 9.59 Å². The highest BCUT2D eigenvalue weighted by atomic mass is 16.2. The van der Waals surface area contributed by atoms with Gasteiger partial charge in [-0.25, -0.2) is 5.43 Å². The number of nitrogens with zero attached hydrogens (tertiary/aromatic N) is 1. The molecule has 150 valence electrons. The molecule has 4 saturated carbocycles. The van der Waals surface area contributed by atoms with Crippen LogP contribution in [0.2, 0.25) is 0 Å². The topological polar surface area (TPSA) is 70.6 Å². The normalized spacial score (nSPS) is 30.8. The highest BCUT2D eigenvalue weighted by Gasteiger charge is 2.54. The molecule has 0 atom stereocenters. The fraction of sp³-hybridized carbons (Fsp3) is 0.609. The lowest BCUT2D eigenvalue weighted by atomic mass is 9.49. The number of nitrogens with one attached hydrogen (secondary N) is 2. The maximum Gasteiger partial charge on any atom is 0.259 e. The molecule has 0 aromatic heterocycles. The average molecular weight is 382 g/mol. The molecular formula is C23H31N3O2. The predicted molar refractivity (Wildman–Crippen MR) is 110 cm³/mol. The lowest BCUT2D eigenvalue weighted by molar-refractivity contribution is -0.147. The van der Waals surface area contributed by atoms with Gasteiger partial charge in [0.15, 0.2) is 0 Å². The molecular weight excluding hydrogens is 350 g/mol. The Labute approximate surface area is 167 Å². The molecule has 0 heterocycles. The largest absolute Gasteiger partial charge is 0.346 e. The van der Waals surface area contributed by atoms with Gasteiger partial charge in [0.25, 0.3) is 5.91 Å². The van der Waals surface area contributed by atoms with Crippen molar-refractivity contribution in [2.45, 2.75) is 58.3 Å². The van der Waals surface area contributed by atoms with Gasteiger partial charge in [-0.15, -0.1) is 0 Å². The van der Waals surface area contributed by atoms with Crippen molar-refractivity contribution in [3.63, 3.8) is 0 Å². The lowest BCUT2D eigenvalue weighted by Crippen LogP contribution is -2.54. The summed E-state index contributed by atoms with van der Waals surface area (Å²) in [7, 11) is 0. The van der Waals surface area contributed by atoms with E-state index in [0.29, 0.717) is 5.92 Å². The van der Waals surface area contributed by atoms with Crippen molar-refractivity contribution in [2.75, 3.05) is 6.54 Å². The Kier molecular flexibility index (Phi) is 5.26. The minimum Gasteiger partial charge on any atom is -0.346 e. The van der Waals surface area contributed by atoms with Crippen LogP contribution in [0.5, 0.6) is 0 Å². The molecule has 0 unspecified atom stereocenters. The molecule has 28 heavy (non-hydrogen) atoms. The van der Waals surface area contributed by atoms with E-state index in [1.54, 1.807) is 6.21 Å². The predicted octanol–water partition coefficient (Wildman–Crippen LogP) is 3.59. The first-order valence-corrected chi connectivity index (χ1v) is 10.6. The number of hydrogen-bond acceptors (Lipinski definition) is 3. The molecule has 5 rings (SSSR count). The highest BCUT2D eigenvalue weighted by Crippen LogP contribution is 2.60. The summed E-state index contributed by atoms with van der Waals surface area (Å²) >= 11 is 0. The maximum absolute atomic E-state index is 12.9. The molecule has 4 bridgehead atoms. The third-order valence-corrected chi connectivity index (χ3v) is 6.94. The van der Waals surface area contributed by atoms with Crippen LogP contribution in [-0.4, -0.2) is 24.6 Å². The van der Waals surface area contributed by atoms with Crippen LogP contribution in [0, 0.1) is 23.2 Å². The Bertz CT molecular complexity index is 731. The number of hydrazone groups is 1. The van der Waals surface area contributed by atoms with E-state index in [-0.39, 0.29) is 23.8 Å².